The van der Waals surface area contributed by atoms with Gasteiger partial charge in [0.15, 0.2) is 0 Å². The molecule has 174 valence electrons. The third-order valence-electron chi connectivity index (χ3n) is 5.93. The number of hydrogen-bond acceptors (Lipinski definition) is 6. The first-order valence-corrected chi connectivity index (χ1v) is 12.6. The van der Waals surface area contributed by atoms with E-state index >= 15 is 0 Å². The van der Waals surface area contributed by atoms with Gasteiger partial charge in [0.05, 0.1) is 15.5 Å². The Morgan fingerprint density at radius 2 is 1.79 bits per heavy atom. The number of nitrogens with zero attached hydrogens (tertiary/aromatic N) is 1. The second-order valence-electron chi connectivity index (χ2n) is 8.08. The van der Waals surface area contributed by atoms with Crippen molar-refractivity contribution in [3.63, 3.8) is 0 Å². The zero-order valence-corrected chi connectivity index (χ0v) is 19.6. The molecule has 1 aromatic heterocycles. The van der Waals surface area contributed by atoms with Crippen LogP contribution in [-0.4, -0.2) is 31.8 Å². The van der Waals surface area contributed by atoms with Crippen molar-refractivity contribution in [2.45, 2.75) is 24.3 Å². The molecule has 0 aliphatic carbocycles. The van der Waals surface area contributed by atoms with Gasteiger partial charge in [-0.3, -0.25) is 0 Å². The topological polar surface area (TPSA) is 93.9 Å². The highest BCUT2D eigenvalue weighted by Crippen LogP contribution is 2.29. The Hall–Kier alpha value is -3.20. The van der Waals surface area contributed by atoms with Crippen LogP contribution >= 0.6 is 11.6 Å². The van der Waals surface area contributed by atoms with Crippen molar-refractivity contribution in [3.05, 3.63) is 87.2 Å². The van der Waals surface area contributed by atoms with Gasteiger partial charge in [0.25, 0.3) is 0 Å². The molecule has 1 aliphatic rings. The van der Waals surface area contributed by atoms with Crippen LogP contribution in [0.4, 0.5) is 0 Å². The highest BCUT2D eigenvalue weighted by Gasteiger charge is 2.28. The van der Waals surface area contributed by atoms with Gasteiger partial charge in [-0.1, -0.05) is 41.9 Å². The average Bonchev–Trinajstić information content (AvgIpc) is 3.38. The molecule has 0 saturated carbocycles. The molecule has 2 heterocycles. The van der Waals surface area contributed by atoms with Gasteiger partial charge in [-0.25, -0.2) is 18.0 Å². The van der Waals surface area contributed by atoms with E-state index in [0.717, 1.165) is 23.6 Å². The Kier molecular flexibility index (Phi) is 5.89. The van der Waals surface area contributed by atoms with E-state index in [9.17, 15) is 18.0 Å². The molecule has 5 rings (SSSR count). The lowest BCUT2D eigenvalue weighted by molar-refractivity contribution is 0.0474. The molecule has 0 amide bonds. The Morgan fingerprint density at radius 3 is 2.59 bits per heavy atom. The van der Waals surface area contributed by atoms with Crippen molar-refractivity contribution < 1.29 is 22.4 Å². The summed E-state index contributed by atoms with van der Waals surface area (Å²) < 4.78 is 38.0. The third-order valence-corrected chi connectivity index (χ3v) is 8.16. The maximum Gasteiger partial charge on any atom is 0.340 e. The third kappa shape index (κ3) is 4.09. The van der Waals surface area contributed by atoms with Crippen molar-refractivity contribution in [1.82, 2.24) is 4.31 Å². The zero-order valence-electron chi connectivity index (χ0n) is 18.0. The van der Waals surface area contributed by atoms with Crippen molar-refractivity contribution in [2.24, 2.45) is 0 Å². The summed E-state index contributed by atoms with van der Waals surface area (Å²) in [6.45, 7) is 0.680. The fraction of sp³-hybridized carbons (Fsp3) is 0.200. The normalized spacial score (nSPS) is 14.6. The predicted octanol–water partition coefficient (Wildman–Crippen LogP) is 4.74. The summed E-state index contributed by atoms with van der Waals surface area (Å²) in [5.41, 5.74) is 0.243. The molecule has 4 aromatic rings. The van der Waals surface area contributed by atoms with Crippen LogP contribution in [-0.2, 0) is 21.4 Å². The van der Waals surface area contributed by atoms with E-state index in [1.807, 2.05) is 30.3 Å². The number of sulfonamides is 1. The van der Waals surface area contributed by atoms with Gasteiger partial charge >= 0.3 is 11.6 Å². The number of fused-ring (bicyclic) bond motifs is 3. The zero-order chi connectivity index (χ0) is 23.9. The molecule has 0 unspecified atom stereocenters. The predicted molar refractivity (Wildman–Crippen MR) is 129 cm³/mol. The monoisotopic (exact) mass is 497 g/mol. The van der Waals surface area contributed by atoms with E-state index < -0.39 is 21.6 Å². The summed E-state index contributed by atoms with van der Waals surface area (Å²) >= 11 is 6.21. The van der Waals surface area contributed by atoms with Crippen LogP contribution in [0.15, 0.2) is 74.8 Å². The lowest BCUT2D eigenvalue weighted by Crippen LogP contribution is -2.28. The molecule has 7 nitrogen and oxygen atoms in total. The lowest BCUT2D eigenvalue weighted by atomic mass is 10.0. The van der Waals surface area contributed by atoms with E-state index in [-0.39, 0.29) is 22.1 Å². The molecule has 34 heavy (non-hydrogen) atoms. The Labute approximate surface area is 200 Å². The highest BCUT2D eigenvalue weighted by molar-refractivity contribution is 7.89. The molecular formula is C25H20ClNO6S. The maximum atomic E-state index is 12.9. The van der Waals surface area contributed by atoms with Gasteiger partial charge in [0.1, 0.15) is 12.2 Å². The standard InChI is InChI=1S/C25H20ClNO6S/c26-21-9-8-18(34(30,31)27-11-3-4-12-27)14-20(21)25(29)32-15-17-13-23(28)33-22-10-7-16-5-1-2-6-19(16)24(17)22/h1-2,5-10,13-14H,3-4,11-12,15H2. The smallest absolute Gasteiger partial charge is 0.340 e. The second kappa shape index (κ2) is 8.87. The summed E-state index contributed by atoms with van der Waals surface area (Å²) in [5.74, 6) is -0.787. The second-order valence-corrected chi connectivity index (χ2v) is 10.4. The number of ether oxygens (including phenoxy) is 1. The molecule has 0 N–H and O–H groups in total. The van der Waals surface area contributed by atoms with Crippen LogP contribution < -0.4 is 5.63 Å². The van der Waals surface area contributed by atoms with Crippen molar-refractivity contribution >= 4 is 49.3 Å². The van der Waals surface area contributed by atoms with Crippen molar-refractivity contribution in [2.75, 3.05) is 13.1 Å². The van der Waals surface area contributed by atoms with Gasteiger partial charge < -0.3 is 9.15 Å². The molecule has 1 fully saturated rings. The van der Waals surface area contributed by atoms with E-state index in [2.05, 4.69) is 0 Å². The minimum absolute atomic E-state index is 0.0115. The van der Waals surface area contributed by atoms with E-state index in [4.69, 9.17) is 20.8 Å². The molecule has 0 atom stereocenters. The highest BCUT2D eigenvalue weighted by atomic mass is 35.5. The van der Waals surface area contributed by atoms with Gasteiger partial charge in [0, 0.05) is 30.1 Å². The number of carbonyl (C=O) groups excluding carboxylic acids is 1. The number of esters is 1. The number of benzene rings is 3. The van der Waals surface area contributed by atoms with E-state index in [0.29, 0.717) is 29.6 Å². The first-order valence-electron chi connectivity index (χ1n) is 10.8. The van der Waals surface area contributed by atoms with Gasteiger partial charge in [-0.05, 0) is 47.9 Å². The lowest BCUT2D eigenvalue weighted by Gasteiger charge is -2.16. The minimum Gasteiger partial charge on any atom is -0.457 e. The van der Waals surface area contributed by atoms with Crippen molar-refractivity contribution in [3.8, 4) is 0 Å². The molecule has 3 aromatic carbocycles. The summed E-state index contributed by atoms with van der Waals surface area (Å²) in [6.07, 6.45) is 1.60. The average molecular weight is 498 g/mol. The van der Waals surface area contributed by atoms with Gasteiger partial charge in [0.2, 0.25) is 10.0 Å². The molecule has 1 saturated heterocycles. The number of rotatable bonds is 5. The van der Waals surface area contributed by atoms with E-state index in [1.165, 1.54) is 28.6 Å². The summed E-state index contributed by atoms with van der Waals surface area (Å²) in [7, 11) is -3.72. The quantitative estimate of drug-likeness (QED) is 0.224. The summed E-state index contributed by atoms with van der Waals surface area (Å²) in [5, 5.41) is 2.54. The fourth-order valence-corrected chi connectivity index (χ4v) is 5.99. The molecule has 1 aliphatic heterocycles. The summed E-state index contributed by atoms with van der Waals surface area (Å²) in [6, 6.07) is 16.4. The molecule has 9 heteroatoms. The SMILES string of the molecule is O=C(OCc1cc(=O)oc2ccc3ccccc3c12)c1cc(S(=O)(=O)N2CCCC2)ccc1Cl. The van der Waals surface area contributed by atoms with Crippen LogP contribution in [0.3, 0.4) is 0 Å². The van der Waals surface area contributed by atoms with Crippen LogP contribution in [0, 0.1) is 0 Å². The van der Waals surface area contributed by atoms with Crippen LogP contribution in [0.5, 0.6) is 0 Å². The first-order chi connectivity index (χ1) is 16.3. The molecule has 0 bridgehead atoms. The van der Waals surface area contributed by atoms with Crippen LogP contribution in [0.25, 0.3) is 21.7 Å². The summed E-state index contributed by atoms with van der Waals surface area (Å²) in [4.78, 5) is 25.0. The number of carbonyl (C=O) groups is 1. The largest absolute Gasteiger partial charge is 0.457 e. The van der Waals surface area contributed by atoms with Crippen LogP contribution in [0.1, 0.15) is 28.8 Å². The first kappa shape index (κ1) is 22.6. The fourth-order valence-electron chi connectivity index (χ4n) is 4.25. The van der Waals surface area contributed by atoms with Crippen LogP contribution in [0.2, 0.25) is 5.02 Å². The maximum absolute atomic E-state index is 12.9. The number of hydrogen-bond donors (Lipinski definition) is 0. The Morgan fingerprint density at radius 1 is 1.03 bits per heavy atom. The molecule has 0 spiro atoms. The van der Waals surface area contributed by atoms with Gasteiger partial charge in [-0.15, -0.1) is 0 Å². The molecular weight excluding hydrogens is 478 g/mol. The minimum atomic E-state index is -3.72. The van der Waals surface area contributed by atoms with Crippen molar-refractivity contribution in [1.29, 1.82) is 0 Å². The number of halogens is 1. The van der Waals surface area contributed by atoms with Gasteiger partial charge in [-0.2, -0.15) is 4.31 Å². The Bertz CT molecular complexity index is 1590. The Balaban J connectivity index is 1.47. The molecule has 0 radical (unpaired) electrons. The van der Waals surface area contributed by atoms with E-state index in [1.54, 1.807) is 6.07 Å².